The van der Waals surface area contributed by atoms with Gasteiger partial charge in [0.25, 0.3) is 0 Å². The molecular formula is C24H34N4O4S. The van der Waals surface area contributed by atoms with Crippen molar-refractivity contribution in [2.24, 2.45) is 11.8 Å². The predicted octanol–water partition coefficient (Wildman–Crippen LogP) is 3.78. The van der Waals surface area contributed by atoms with E-state index in [0.717, 1.165) is 44.4 Å². The third kappa shape index (κ3) is 6.00. The van der Waals surface area contributed by atoms with Crippen molar-refractivity contribution in [3.05, 3.63) is 30.2 Å². The number of carbonyl (C=O) groups excluding carboxylic acids is 1. The number of benzene rings is 1. The second-order valence-corrected chi connectivity index (χ2v) is 11.6. The first-order valence-corrected chi connectivity index (χ1v) is 13.5. The van der Waals surface area contributed by atoms with Crippen molar-refractivity contribution >= 4 is 15.9 Å². The van der Waals surface area contributed by atoms with E-state index < -0.39 is 10.0 Å². The molecule has 8 nitrogen and oxygen atoms in total. The van der Waals surface area contributed by atoms with E-state index in [9.17, 15) is 13.2 Å². The van der Waals surface area contributed by atoms with Gasteiger partial charge in [0.1, 0.15) is 0 Å². The van der Waals surface area contributed by atoms with Gasteiger partial charge in [-0.15, -0.1) is 0 Å². The normalized spacial score (nSPS) is 22.8. The number of carbonyl (C=O) groups is 1. The van der Waals surface area contributed by atoms with Crippen LogP contribution in [0.15, 0.2) is 33.7 Å². The zero-order valence-corrected chi connectivity index (χ0v) is 20.3. The number of hydrogen-bond donors (Lipinski definition) is 1. The number of aryl methyl sites for hydroxylation is 1. The van der Waals surface area contributed by atoms with Crippen LogP contribution in [-0.4, -0.2) is 47.9 Å². The van der Waals surface area contributed by atoms with Crippen LogP contribution in [0.3, 0.4) is 0 Å². The van der Waals surface area contributed by atoms with Crippen LogP contribution in [0.1, 0.15) is 64.7 Å². The van der Waals surface area contributed by atoms with Crippen molar-refractivity contribution < 1.29 is 17.7 Å². The van der Waals surface area contributed by atoms with Crippen molar-refractivity contribution in [1.82, 2.24) is 19.8 Å². The lowest BCUT2D eigenvalue weighted by molar-refractivity contribution is -0.122. The molecule has 0 unspecified atom stereocenters. The van der Waals surface area contributed by atoms with E-state index in [2.05, 4.69) is 29.3 Å². The van der Waals surface area contributed by atoms with E-state index in [1.54, 1.807) is 28.6 Å². The molecule has 1 saturated heterocycles. The molecule has 2 fully saturated rings. The van der Waals surface area contributed by atoms with E-state index in [1.165, 1.54) is 0 Å². The number of piperidine rings is 1. The number of nitrogens with zero attached hydrogens (tertiary/aromatic N) is 3. The summed E-state index contributed by atoms with van der Waals surface area (Å²) in [6.45, 7) is 5.54. The molecule has 1 aromatic heterocycles. The SMILES string of the molecule is CC1CCC(NC(=O)CCc2nc(-c3ccc(S(=O)(=O)N4CCC(C)CC4)cc3)no2)CC1. The van der Waals surface area contributed by atoms with Crippen molar-refractivity contribution in [2.75, 3.05) is 13.1 Å². The Morgan fingerprint density at radius 1 is 1.03 bits per heavy atom. The molecule has 0 atom stereocenters. The maximum absolute atomic E-state index is 12.9. The molecule has 4 rings (SSSR count). The smallest absolute Gasteiger partial charge is 0.243 e. The summed E-state index contributed by atoms with van der Waals surface area (Å²) in [5, 5.41) is 7.11. The molecule has 0 spiro atoms. The first-order valence-electron chi connectivity index (χ1n) is 12.0. The van der Waals surface area contributed by atoms with Crippen LogP contribution in [0.25, 0.3) is 11.4 Å². The Balaban J connectivity index is 1.31. The summed E-state index contributed by atoms with van der Waals surface area (Å²) in [7, 11) is -3.49. The van der Waals surface area contributed by atoms with Gasteiger partial charge in [0.2, 0.25) is 27.6 Å². The summed E-state index contributed by atoms with van der Waals surface area (Å²) in [5.74, 6) is 2.11. The lowest BCUT2D eigenvalue weighted by Gasteiger charge is -2.29. The van der Waals surface area contributed by atoms with Gasteiger partial charge in [-0.3, -0.25) is 4.79 Å². The average Bonchev–Trinajstić information content (AvgIpc) is 3.29. The fourth-order valence-electron chi connectivity index (χ4n) is 4.55. The van der Waals surface area contributed by atoms with E-state index in [1.807, 2.05) is 0 Å². The maximum Gasteiger partial charge on any atom is 0.243 e. The minimum absolute atomic E-state index is 0.0102. The lowest BCUT2D eigenvalue weighted by atomic mass is 9.87. The third-order valence-electron chi connectivity index (χ3n) is 6.91. The molecule has 1 aromatic carbocycles. The summed E-state index contributed by atoms with van der Waals surface area (Å²) in [6, 6.07) is 6.86. The van der Waals surface area contributed by atoms with Crippen molar-refractivity contribution in [3.8, 4) is 11.4 Å². The highest BCUT2D eigenvalue weighted by atomic mass is 32.2. The van der Waals surface area contributed by atoms with Crippen LogP contribution in [0.2, 0.25) is 0 Å². The first-order chi connectivity index (χ1) is 15.8. The molecule has 0 radical (unpaired) electrons. The summed E-state index contributed by atoms with van der Waals surface area (Å²) < 4.78 is 32.7. The van der Waals surface area contributed by atoms with Crippen molar-refractivity contribution in [3.63, 3.8) is 0 Å². The molecule has 33 heavy (non-hydrogen) atoms. The van der Waals surface area contributed by atoms with Gasteiger partial charge >= 0.3 is 0 Å². The highest BCUT2D eigenvalue weighted by Gasteiger charge is 2.28. The van der Waals surface area contributed by atoms with Gasteiger partial charge in [-0.1, -0.05) is 19.0 Å². The number of aromatic nitrogens is 2. The largest absolute Gasteiger partial charge is 0.353 e. The van der Waals surface area contributed by atoms with Crippen LogP contribution in [0, 0.1) is 11.8 Å². The Morgan fingerprint density at radius 3 is 2.33 bits per heavy atom. The van der Waals surface area contributed by atoms with E-state index in [-0.39, 0.29) is 16.8 Å². The van der Waals surface area contributed by atoms with Gasteiger partial charge in [-0.25, -0.2) is 8.42 Å². The van der Waals surface area contributed by atoms with Crippen LogP contribution in [0.5, 0.6) is 0 Å². The second-order valence-electron chi connectivity index (χ2n) is 9.65. The molecule has 9 heteroatoms. The molecule has 1 saturated carbocycles. The van der Waals surface area contributed by atoms with Gasteiger partial charge < -0.3 is 9.84 Å². The fourth-order valence-corrected chi connectivity index (χ4v) is 6.02. The molecule has 1 aliphatic carbocycles. The van der Waals surface area contributed by atoms with Crippen molar-refractivity contribution in [2.45, 2.75) is 76.2 Å². The summed E-state index contributed by atoms with van der Waals surface area (Å²) in [4.78, 5) is 16.9. The quantitative estimate of drug-likeness (QED) is 0.655. The van der Waals surface area contributed by atoms with Crippen LogP contribution in [0.4, 0.5) is 0 Å². The highest BCUT2D eigenvalue weighted by molar-refractivity contribution is 7.89. The van der Waals surface area contributed by atoms with E-state index in [4.69, 9.17) is 4.52 Å². The van der Waals surface area contributed by atoms with Gasteiger partial charge in [-0.2, -0.15) is 9.29 Å². The number of hydrogen-bond acceptors (Lipinski definition) is 6. The summed E-state index contributed by atoms with van der Waals surface area (Å²) >= 11 is 0. The Kier molecular flexibility index (Phi) is 7.48. The second kappa shape index (κ2) is 10.3. The zero-order valence-electron chi connectivity index (χ0n) is 19.5. The van der Waals surface area contributed by atoms with Gasteiger partial charge in [0.05, 0.1) is 4.90 Å². The Labute approximate surface area is 196 Å². The molecule has 2 heterocycles. The number of sulfonamides is 1. The molecule has 0 bridgehead atoms. The zero-order chi connectivity index (χ0) is 23.4. The van der Waals surface area contributed by atoms with Crippen LogP contribution in [-0.2, 0) is 21.2 Å². The predicted molar refractivity (Wildman–Crippen MR) is 125 cm³/mol. The number of rotatable bonds is 7. The maximum atomic E-state index is 12.9. The van der Waals surface area contributed by atoms with Crippen LogP contribution < -0.4 is 5.32 Å². The van der Waals surface area contributed by atoms with Crippen molar-refractivity contribution in [1.29, 1.82) is 0 Å². The molecule has 1 aliphatic heterocycles. The standard InChI is InChI=1S/C24H34N4O4S/c1-17-3-7-20(8-4-17)25-22(29)11-12-23-26-24(27-32-23)19-5-9-21(10-6-19)33(30,31)28-15-13-18(2)14-16-28/h5-6,9-10,17-18,20H,3-4,7-8,11-16H2,1-2H3,(H,25,29). The minimum atomic E-state index is -3.49. The van der Waals surface area contributed by atoms with E-state index >= 15 is 0 Å². The minimum Gasteiger partial charge on any atom is -0.353 e. The summed E-state index contributed by atoms with van der Waals surface area (Å²) in [5.41, 5.74) is 0.678. The third-order valence-corrected chi connectivity index (χ3v) is 8.82. The lowest BCUT2D eigenvalue weighted by Crippen LogP contribution is -2.37. The topological polar surface area (TPSA) is 105 Å². The highest BCUT2D eigenvalue weighted by Crippen LogP contribution is 2.26. The van der Waals surface area contributed by atoms with Gasteiger partial charge in [-0.05, 0) is 74.6 Å². The number of nitrogens with one attached hydrogen (secondary N) is 1. The molecular weight excluding hydrogens is 440 g/mol. The Bertz CT molecular complexity index is 1030. The molecule has 180 valence electrons. The van der Waals surface area contributed by atoms with Crippen LogP contribution >= 0.6 is 0 Å². The van der Waals surface area contributed by atoms with E-state index in [0.29, 0.717) is 49.1 Å². The molecule has 1 N–H and O–H groups in total. The summed E-state index contributed by atoms with van der Waals surface area (Å²) in [6.07, 6.45) is 6.87. The Morgan fingerprint density at radius 2 is 1.67 bits per heavy atom. The Hall–Kier alpha value is -2.26. The molecule has 2 aromatic rings. The average molecular weight is 475 g/mol. The first kappa shape index (κ1) is 23.9. The van der Waals surface area contributed by atoms with Gasteiger partial charge in [0, 0.05) is 37.5 Å². The monoisotopic (exact) mass is 474 g/mol. The molecule has 2 aliphatic rings. The number of amides is 1. The van der Waals surface area contributed by atoms with Gasteiger partial charge in [0.15, 0.2) is 0 Å². The molecule has 1 amide bonds. The fraction of sp³-hybridized carbons (Fsp3) is 0.625.